The molecule has 1 atom stereocenters. The van der Waals surface area contributed by atoms with Gasteiger partial charge in [0.05, 0.1) is 0 Å². The summed E-state index contributed by atoms with van der Waals surface area (Å²) in [5.41, 5.74) is -0.461. The number of rotatable bonds is 5. The van der Waals surface area contributed by atoms with Gasteiger partial charge in [0, 0.05) is 18.5 Å². The van der Waals surface area contributed by atoms with E-state index in [2.05, 4.69) is 10.3 Å². The minimum Gasteiger partial charge on any atom is -0.480 e. The molecule has 1 rings (SSSR count). The standard InChI is InChI=1S/C13H16N2O3/c1-3-13(2,12(17)18)15-11(16)7-6-10-5-4-8-14-9-10/h4-9H,3H2,1-2H3,(H,15,16)(H,17,18). The molecule has 0 saturated carbocycles. The number of nitrogens with zero attached hydrogens (tertiary/aromatic N) is 1. The van der Waals surface area contributed by atoms with Crippen molar-refractivity contribution in [3.8, 4) is 0 Å². The molecule has 1 heterocycles. The molecule has 0 bridgehead atoms. The maximum atomic E-state index is 11.6. The van der Waals surface area contributed by atoms with Crippen molar-refractivity contribution in [1.29, 1.82) is 0 Å². The smallest absolute Gasteiger partial charge is 0.329 e. The molecule has 0 radical (unpaired) electrons. The van der Waals surface area contributed by atoms with Crippen LogP contribution in [0.5, 0.6) is 0 Å². The minimum atomic E-state index is -1.24. The summed E-state index contributed by atoms with van der Waals surface area (Å²) in [6, 6.07) is 3.55. The third-order valence-electron chi connectivity index (χ3n) is 2.69. The van der Waals surface area contributed by atoms with Crippen LogP contribution in [0.15, 0.2) is 30.6 Å². The Balaban J connectivity index is 2.67. The van der Waals surface area contributed by atoms with Crippen molar-refractivity contribution < 1.29 is 14.7 Å². The van der Waals surface area contributed by atoms with E-state index < -0.39 is 17.4 Å². The van der Waals surface area contributed by atoms with E-state index in [1.165, 1.54) is 13.0 Å². The molecule has 0 spiro atoms. The zero-order valence-electron chi connectivity index (χ0n) is 10.4. The van der Waals surface area contributed by atoms with E-state index in [1.54, 1.807) is 37.5 Å². The summed E-state index contributed by atoms with van der Waals surface area (Å²) < 4.78 is 0. The van der Waals surface area contributed by atoms with Crippen molar-refractivity contribution >= 4 is 18.0 Å². The van der Waals surface area contributed by atoms with Crippen molar-refractivity contribution in [1.82, 2.24) is 10.3 Å². The average molecular weight is 248 g/mol. The third kappa shape index (κ3) is 3.69. The first kappa shape index (κ1) is 13.9. The number of carboxylic acid groups (broad SMARTS) is 1. The van der Waals surface area contributed by atoms with E-state index >= 15 is 0 Å². The number of hydrogen-bond acceptors (Lipinski definition) is 3. The van der Waals surface area contributed by atoms with Crippen LogP contribution >= 0.6 is 0 Å². The lowest BCUT2D eigenvalue weighted by Gasteiger charge is -2.23. The molecule has 0 fully saturated rings. The number of carbonyl (C=O) groups is 2. The SMILES string of the molecule is CCC(C)(NC(=O)C=Cc1cccnc1)C(=O)O. The van der Waals surface area contributed by atoms with Crippen molar-refractivity contribution in [3.63, 3.8) is 0 Å². The number of nitrogens with one attached hydrogen (secondary N) is 1. The van der Waals surface area contributed by atoms with Gasteiger partial charge in [0.2, 0.25) is 5.91 Å². The number of carboxylic acids is 1. The molecule has 0 aliphatic carbocycles. The lowest BCUT2D eigenvalue weighted by molar-refractivity contribution is -0.146. The second-order valence-electron chi connectivity index (χ2n) is 4.10. The first-order valence-electron chi connectivity index (χ1n) is 5.61. The van der Waals surface area contributed by atoms with Crippen molar-refractivity contribution in [2.75, 3.05) is 0 Å². The Hall–Kier alpha value is -2.17. The van der Waals surface area contributed by atoms with Crippen LogP contribution in [0.2, 0.25) is 0 Å². The summed E-state index contributed by atoms with van der Waals surface area (Å²) in [5, 5.41) is 11.5. The van der Waals surface area contributed by atoms with Gasteiger partial charge in [0.25, 0.3) is 0 Å². The van der Waals surface area contributed by atoms with E-state index in [0.29, 0.717) is 6.42 Å². The third-order valence-corrected chi connectivity index (χ3v) is 2.69. The first-order chi connectivity index (χ1) is 8.48. The lowest BCUT2D eigenvalue weighted by atomic mass is 9.99. The quantitative estimate of drug-likeness (QED) is 0.773. The van der Waals surface area contributed by atoms with Crippen molar-refractivity contribution in [2.45, 2.75) is 25.8 Å². The van der Waals surface area contributed by atoms with Gasteiger partial charge in [-0.05, 0) is 31.1 Å². The van der Waals surface area contributed by atoms with Gasteiger partial charge < -0.3 is 10.4 Å². The molecule has 18 heavy (non-hydrogen) atoms. The van der Waals surface area contributed by atoms with E-state index in [1.807, 2.05) is 0 Å². The largest absolute Gasteiger partial charge is 0.480 e. The maximum Gasteiger partial charge on any atom is 0.329 e. The Bertz CT molecular complexity index is 457. The molecule has 1 amide bonds. The second-order valence-corrected chi connectivity index (χ2v) is 4.10. The lowest BCUT2D eigenvalue weighted by Crippen LogP contribution is -2.51. The van der Waals surface area contributed by atoms with Gasteiger partial charge in [-0.25, -0.2) is 4.79 Å². The molecule has 0 aliphatic rings. The second kappa shape index (κ2) is 5.95. The fourth-order valence-electron chi connectivity index (χ4n) is 1.25. The van der Waals surface area contributed by atoms with Crippen LogP contribution in [0, 0.1) is 0 Å². The maximum absolute atomic E-state index is 11.6. The van der Waals surface area contributed by atoms with E-state index in [4.69, 9.17) is 5.11 Å². The van der Waals surface area contributed by atoms with E-state index in [0.717, 1.165) is 5.56 Å². The number of aromatic nitrogens is 1. The predicted octanol–water partition coefficient (Wildman–Crippen LogP) is 1.46. The Morgan fingerprint density at radius 3 is 2.78 bits per heavy atom. The molecule has 96 valence electrons. The Morgan fingerprint density at radius 2 is 2.28 bits per heavy atom. The number of amides is 1. The summed E-state index contributed by atoms with van der Waals surface area (Å²) in [4.78, 5) is 26.5. The zero-order chi connectivity index (χ0) is 13.6. The number of hydrogen-bond donors (Lipinski definition) is 2. The molecule has 5 heteroatoms. The fourth-order valence-corrected chi connectivity index (χ4v) is 1.25. The highest BCUT2D eigenvalue weighted by Crippen LogP contribution is 2.09. The molecule has 0 aliphatic heterocycles. The van der Waals surface area contributed by atoms with Crippen molar-refractivity contribution in [2.24, 2.45) is 0 Å². The van der Waals surface area contributed by atoms with E-state index in [-0.39, 0.29) is 0 Å². The molecule has 0 saturated heterocycles. The Morgan fingerprint density at radius 1 is 1.56 bits per heavy atom. The highest BCUT2D eigenvalue weighted by atomic mass is 16.4. The van der Waals surface area contributed by atoms with Crippen LogP contribution in [0.1, 0.15) is 25.8 Å². The monoisotopic (exact) mass is 248 g/mol. The molecular weight excluding hydrogens is 232 g/mol. The molecule has 2 N–H and O–H groups in total. The Labute approximate surface area is 106 Å². The summed E-state index contributed by atoms with van der Waals surface area (Å²) >= 11 is 0. The fraction of sp³-hybridized carbons (Fsp3) is 0.308. The van der Waals surface area contributed by atoms with Crippen LogP contribution in [0.3, 0.4) is 0 Å². The van der Waals surface area contributed by atoms with Gasteiger partial charge in [-0.2, -0.15) is 0 Å². The highest BCUT2D eigenvalue weighted by molar-refractivity contribution is 5.95. The normalized spacial score (nSPS) is 14.1. The summed E-state index contributed by atoms with van der Waals surface area (Å²) in [5.74, 6) is -1.49. The first-order valence-corrected chi connectivity index (χ1v) is 5.61. The minimum absolute atomic E-state index is 0.314. The summed E-state index contributed by atoms with van der Waals surface area (Å²) in [7, 11) is 0. The summed E-state index contributed by atoms with van der Waals surface area (Å²) in [6.45, 7) is 3.18. The molecule has 5 nitrogen and oxygen atoms in total. The van der Waals surface area contributed by atoms with Crippen LogP contribution in [-0.4, -0.2) is 27.5 Å². The molecule has 1 aromatic rings. The van der Waals surface area contributed by atoms with Crippen LogP contribution < -0.4 is 5.32 Å². The van der Waals surface area contributed by atoms with Gasteiger partial charge in [0.1, 0.15) is 5.54 Å². The molecule has 1 unspecified atom stereocenters. The van der Waals surface area contributed by atoms with Gasteiger partial charge in [-0.1, -0.05) is 13.0 Å². The molecule has 1 aromatic heterocycles. The number of aliphatic carboxylic acids is 1. The average Bonchev–Trinajstić information content (AvgIpc) is 2.37. The molecular formula is C13H16N2O3. The van der Waals surface area contributed by atoms with E-state index in [9.17, 15) is 9.59 Å². The Kier molecular flexibility index (Phi) is 4.59. The van der Waals surface area contributed by atoms with Crippen LogP contribution in [0.25, 0.3) is 6.08 Å². The van der Waals surface area contributed by atoms with Gasteiger partial charge in [0.15, 0.2) is 0 Å². The van der Waals surface area contributed by atoms with Gasteiger partial charge in [-0.3, -0.25) is 9.78 Å². The van der Waals surface area contributed by atoms with Gasteiger partial charge in [-0.15, -0.1) is 0 Å². The zero-order valence-corrected chi connectivity index (χ0v) is 10.4. The number of carbonyl (C=O) groups excluding carboxylic acids is 1. The van der Waals surface area contributed by atoms with Crippen LogP contribution in [-0.2, 0) is 9.59 Å². The number of pyridine rings is 1. The van der Waals surface area contributed by atoms with Crippen LogP contribution in [0.4, 0.5) is 0 Å². The topological polar surface area (TPSA) is 79.3 Å². The predicted molar refractivity (Wildman–Crippen MR) is 67.7 cm³/mol. The highest BCUT2D eigenvalue weighted by Gasteiger charge is 2.31. The van der Waals surface area contributed by atoms with Crippen molar-refractivity contribution in [3.05, 3.63) is 36.2 Å². The van der Waals surface area contributed by atoms with Gasteiger partial charge >= 0.3 is 5.97 Å². The summed E-state index contributed by atoms with van der Waals surface area (Å²) in [6.07, 6.45) is 6.44. The molecule has 0 aromatic carbocycles.